The zero-order chi connectivity index (χ0) is 8.86. The van der Waals surface area contributed by atoms with Crippen molar-refractivity contribution in [2.45, 2.75) is 44.9 Å². The third kappa shape index (κ3) is 2.46. The van der Waals surface area contributed by atoms with E-state index in [-0.39, 0.29) is 0 Å². The fraction of sp³-hybridized carbons (Fsp3) is 1.00. The second-order valence-electron chi connectivity index (χ2n) is 4.09. The highest BCUT2D eigenvalue weighted by Gasteiger charge is 2.29. The predicted octanol–water partition coefficient (Wildman–Crippen LogP) is 1.67. The van der Waals surface area contributed by atoms with E-state index in [0.717, 1.165) is 19.4 Å². The molecule has 0 spiro atoms. The SMILES string of the molecule is NCC1(CCCO)CCCCC1. The lowest BCUT2D eigenvalue weighted by Gasteiger charge is -2.36. The van der Waals surface area contributed by atoms with Crippen molar-refractivity contribution in [1.82, 2.24) is 0 Å². The summed E-state index contributed by atoms with van der Waals surface area (Å²) in [5.74, 6) is 0. The van der Waals surface area contributed by atoms with Crippen molar-refractivity contribution in [3.05, 3.63) is 0 Å². The van der Waals surface area contributed by atoms with Crippen molar-refractivity contribution < 1.29 is 5.11 Å². The molecule has 1 aliphatic rings. The Labute approximate surface area is 75.2 Å². The summed E-state index contributed by atoms with van der Waals surface area (Å²) in [7, 11) is 0. The number of hydrogen-bond acceptors (Lipinski definition) is 2. The van der Waals surface area contributed by atoms with E-state index in [1.165, 1.54) is 32.1 Å². The summed E-state index contributed by atoms with van der Waals surface area (Å²) in [6, 6.07) is 0. The van der Waals surface area contributed by atoms with Crippen LogP contribution in [-0.2, 0) is 0 Å². The summed E-state index contributed by atoms with van der Waals surface area (Å²) in [5.41, 5.74) is 6.19. The van der Waals surface area contributed by atoms with Crippen LogP contribution in [0.25, 0.3) is 0 Å². The van der Waals surface area contributed by atoms with Crippen LogP contribution in [0.2, 0.25) is 0 Å². The van der Waals surface area contributed by atoms with Gasteiger partial charge in [0.2, 0.25) is 0 Å². The average molecular weight is 171 g/mol. The first kappa shape index (κ1) is 10.0. The van der Waals surface area contributed by atoms with Crippen molar-refractivity contribution in [3.8, 4) is 0 Å². The van der Waals surface area contributed by atoms with E-state index in [0.29, 0.717) is 12.0 Å². The van der Waals surface area contributed by atoms with Crippen LogP contribution < -0.4 is 5.73 Å². The molecule has 0 saturated heterocycles. The van der Waals surface area contributed by atoms with E-state index in [1.54, 1.807) is 0 Å². The van der Waals surface area contributed by atoms with Crippen molar-refractivity contribution in [3.63, 3.8) is 0 Å². The molecule has 3 N–H and O–H groups in total. The first-order valence-corrected chi connectivity index (χ1v) is 5.14. The maximum Gasteiger partial charge on any atom is 0.0431 e. The van der Waals surface area contributed by atoms with E-state index in [4.69, 9.17) is 10.8 Å². The Balaban J connectivity index is 2.37. The summed E-state index contributed by atoms with van der Waals surface area (Å²) >= 11 is 0. The van der Waals surface area contributed by atoms with Crippen LogP contribution >= 0.6 is 0 Å². The third-order valence-corrected chi connectivity index (χ3v) is 3.21. The van der Waals surface area contributed by atoms with E-state index in [9.17, 15) is 0 Å². The fourth-order valence-electron chi connectivity index (χ4n) is 2.31. The summed E-state index contributed by atoms with van der Waals surface area (Å²) in [6.45, 7) is 1.13. The van der Waals surface area contributed by atoms with Gasteiger partial charge in [0.1, 0.15) is 0 Å². The van der Waals surface area contributed by atoms with Crippen LogP contribution in [0, 0.1) is 5.41 Å². The lowest BCUT2D eigenvalue weighted by Crippen LogP contribution is -2.32. The summed E-state index contributed by atoms with van der Waals surface area (Å²) in [6.07, 6.45) is 8.66. The summed E-state index contributed by atoms with van der Waals surface area (Å²) in [5, 5.41) is 8.77. The molecule has 1 aliphatic carbocycles. The van der Waals surface area contributed by atoms with Crippen LogP contribution in [0.3, 0.4) is 0 Å². The molecule has 0 aromatic carbocycles. The highest BCUT2D eigenvalue weighted by Crippen LogP contribution is 2.38. The Kier molecular flexibility index (Phi) is 4.02. The average Bonchev–Trinajstić information content (AvgIpc) is 2.16. The predicted molar refractivity (Wildman–Crippen MR) is 50.9 cm³/mol. The summed E-state index contributed by atoms with van der Waals surface area (Å²) in [4.78, 5) is 0. The Morgan fingerprint density at radius 1 is 1.17 bits per heavy atom. The van der Waals surface area contributed by atoms with E-state index in [1.807, 2.05) is 0 Å². The van der Waals surface area contributed by atoms with Gasteiger partial charge in [-0.3, -0.25) is 0 Å². The van der Waals surface area contributed by atoms with Crippen molar-refractivity contribution >= 4 is 0 Å². The van der Waals surface area contributed by atoms with Gasteiger partial charge >= 0.3 is 0 Å². The van der Waals surface area contributed by atoms with Gasteiger partial charge < -0.3 is 10.8 Å². The van der Waals surface area contributed by atoms with Crippen molar-refractivity contribution in [2.24, 2.45) is 11.1 Å². The third-order valence-electron chi connectivity index (χ3n) is 3.21. The Hall–Kier alpha value is -0.0800. The minimum absolute atomic E-state index is 0.321. The summed E-state index contributed by atoms with van der Waals surface area (Å²) < 4.78 is 0. The maximum absolute atomic E-state index is 8.77. The van der Waals surface area contributed by atoms with Crippen LogP contribution in [0.15, 0.2) is 0 Å². The Morgan fingerprint density at radius 2 is 1.83 bits per heavy atom. The smallest absolute Gasteiger partial charge is 0.0431 e. The zero-order valence-electron chi connectivity index (χ0n) is 7.89. The zero-order valence-corrected chi connectivity index (χ0v) is 7.89. The van der Waals surface area contributed by atoms with Gasteiger partial charge in [-0.1, -0.05) is 19.3 Å². The van der Waals surface area contributed by atoms with Crippen LogP contribution in [0.1, 0.15) is 44.9 Å². The molecule has 2 nitrogen and oxygen atoms in total. The molecule has 0 radical (unpaired) electrons. The number of aliphatic hydroxyl groups is 1. The van der Waals surface area contributed by atoms with Gasteiger partial charge in [0.05, 0.1) is 0 Å². The molecule has 12 heavy (non-hydrogen) atoms. The second kappa shape index (κ2) is 4.83. The number of hydrogen-bond donors (Lipinski definition) is 2. The van der Waals surface area contributed by atoms with Gasteiger partial charge in [0, 0.05) is 6.61 Å². The second-order valence-corrected chi connectivity index (χ2v) is 4.09. The molecule has 0 amide bonds. The van der Waals surface area contributed by atoms with Gasteiger partial charge in [0.15, 0.2) is 0 Å². The fourth-order valence-corrected chi connectivity index (χ4v) is 2.31. The molecule has 1 rings (SSSR count). The lowest BCUT2D eigenvalue weighted by molar-refractivity contribution is 0.160. The number of rotatable bonds is 4. The van der Waals surface area contributed by atoms with Gasteiger partial charge in [-0.25, -0.2) is 0 Å². The number of aliphatic hydroxyl groups excluding tert-OH is 1. The first-order chi connectivity index (χ1) is 5.83. The molecule has 0 bridgehead atoms. The van der Waals surface area contributed by atoms with Crippen LogP contribution in [0.5, 0.6) is 0 Å². The molecule has 1 fully saturated rings. The highest BCUT2D eigenvalue weighted by atomic mass is 16.2. The maximum atomic E-state index is 8.77. The minimum atomic E-state index is 0.321. The first-order valence-electron chi connectivity index (χ1n) is 5.14. The molecule has 0 heterocycles. The van der Waals surface area contributed by atoms with E-state index >= 15 is 0 Å². The van der Waals surface area contributed by atoms with Gasteiger partial charge in [0.25, 0.3) is 0 Å². The monoisotopic (exact) mass is 171 g/mol. The van der Waals surface area contributed by atoms with E-state index in [2.05, 4.69) is 0 Å². The molecule has 0 aromatic rings. The quantitative estimate of drug-likeness (QED) is 0.676. The molecule has 72 valence electrons. The largest absolute Gasteiger partial charge is 0.396 e. The highest BCUT2D eigenvalue weighted by molar-refractivity contribution is 4.83. The topological polar surface area (TPSA) is 46.2 Å². The molecule has 0 aromatic heterocycles. The van der Waals surface area contributed by atoms with Gasteiger partial charge in [-0.05, 0) is 37.6 Å². The van der Waals surface area contributed by atoms with Crippen molar-refractivity contribution in [1.29, 1.82) is 0 Å². The number of nitrogens with two attached hydrogens (primary N) is 1. The van der Waals surface area contributed by atoms with Gasteiger partial charge in [-0.15, -0.1) is 0 Å². The Bertz CT molecular complexity index is 119. The molecule has 2 heteroatoms. The van der Waals surface area contributed by atoms with E-state index < -0.39 is 0 Å². The molecule has 1 saturated carbocycles. The van der Waals surface area contributed by atoms with Crippen molar-refractivity contribution in [2.75, 3.05) is 13.2 Å². The van der Waals surface area contributed by atoms with Gasteiger partial charge in [-0.2, -0.15) is 0 Å². The van der Waals surface area contributed by atoms with Crippen LogP contribution in [0.4, 0.5) is 0 Å². The molecule has 0 aliphatic heterocycles. The normalized spacial score (nSPS) is 22.5. The minimum Gasteiger partial charge on any atom is -0.396 e. The van der Waals surface area contributed by atoms with Crippen LogP contribution in [-0.4, -0.2) is 18.3 Å². The molecule has 0 unspecified atom stereocenters. The standard InChI is InChI=1S/C10H21NO/c11-9-10(7-4-8-12)5-2-1-3-6-10/h12H,1-9,11H2. The Morgan fingerprint density at radius 3 is 2.33 bits per heavy atom. The molecular weight excluding hydrogens is 150 g/mol. The molecule has 0 atom stereocenters. The molecular formula is C10H21NO. The lowest BCUT2D eigenvalue weighted by atomic mass is 9.71.